The molecule has 0 aliphatic rings. The van der Waals surface area contributed by atoms with Crippen LogP contribution in [0.5, 0.6) is 0 Å². The number of amides is 1. The molecule has 2 N–H and O–H groups in total. The number of thioether (sulfide) groups is 1. The van der Waals surface area contributed by atoms with E-state index in [9.17, 15) is 9.59 Å². The van der Waals surface area contributed by atoms with Crippen LogP contribution in [-0.2, 0) is 17.0 Å². The summed E-state index contributed by atoms with van der Waals surface area (Å²) in [6, 6.07) is 0.190. The van der Waals surface area contributed by atoms with Gasteiger partial charge in [-0.1, -0.05) is 27.2 Å². The van der Waals surface area contributed by atoms with Crippen LogP contribution in [0, 0.1) is 12.8 Å². The van der Waals surface area contributed by atoms with Gasteiger partial charge in [-0.2, -0.15) is 0 Å². The van der Waals surface area contributed by atoms with Gasteiger partial charge in [0.1, 0.15) is 10.7 Å². The minimum Gasteiger partial charge on any atom is -0.353 e. The number of aromatic nitrogens is 2. The van der Waals surface area contributed by atoms with Gasteiger partial charge in [0, 0.05) is 10.9 Å². The summed E-state index contributed by atoms with van der Waals surface area (Å²) in [4.78, 5) is 34.0. The number of H-pyrrole nitrogens is 1. The van der Waals surface area contributed by atoms with Crippen LogP contribution in [-0.4, -0.2) is 27.7 Å². The SMILES string of the molecule is CC[C@H](C)Cc1c(C)sc2nc(CSCC(=O)N[C@@H](C)CC)[nH]c(=O)c12. The summed E-state index contributed by atoms with van der Waals surface area (Å²) in [5, 5.41) is 3.69. The quantitative estimate of drug-likeness (QED) is 0.672. The first-order valence-corrected chi connectivity index (χ1v) is 11.2. The molecule has 2 atom stereocenters. The van der Waals surface area contributed by atoms with Gasteiger partial charge in [-0.15, -0.1) is 23.1 Å². The number of nitrogens with zero attached hydrogens (tertiary/aromatic N) is 1. The highest BCUT2D eigenvalue weighted by atomic mass is 32.2. The van der Waals surface area contributed by atoms with E-state index in [1.54, 1.807) is 11.3 Å². The molecule has 7 heteroatoms. The highest BCUT2D eigenvalue weighted by Crippen LogP contribution is 2.29. The minimum absolute atomic E-state index is 0.0237. The maximum atomic E-state index is 12.6. The van der Waals surface area contributed by atoms with E-state index < -0.39 is 0 Å². The van der Waals surface area contributed by atoms with E-state index in [1.165, 1.54) is 16.6 Å². The smallest absolute Gasteiger partial charge is 0.259 e. The van der Waals surface area contributed by atoms with Crippen molar-refractivity contribution in [3.8, 4) is 0 Å². The average Bonchev–Trinajstić information content (AvgIpc) is 2.90. The van der Waals surface area contributed by atoms with Crippen LogP contribution in [0.1, 0.15) is 56.8 Å². The van der Waals surface area contributed by atoms with E-state index in [1.807, 2.05) is 13.8 Å². The summed E-state index contributed by atoms with van der Waals surface area (Å²) in [6.07, 6.45) is 2.92. The van der Waals surface area contributed by atoms with E-state index >= 15 is 0 Å². The molecule has 0 saturated heterocycles. The van der Waals surface area contributed by atoms with Gasteiger partial charge < -0.3 is 10.3 Å². The molecule has 0 aromatic carbocycles. The molecule has 144 valence electrons. The van der Waals surface area contributed by atoms with Gasteiger partial charge in [0.25, 0.3) is 5.56 Å². The highest BCUT2D eigenvalue weighted by molar-refractivity contribution is 7.99. The van der Waals surface area contributed by atoms with Gasteiger partial charge >= 0.3 is 0 Å². The lowest BCUT2D eigenvalue weighted by Gasteiger charge is -2.10. The second-order valence-corrected chi connectivity index (χ2v) is 9.11. The third-order valence-corrected chi connectivity index (χ3v) is 6.64. The Morgan fingerprint density at radius 2 is 2.04 bits per heavy atom. The molecular formula is C19H29N3O2S2. The second kappa shape index (κ2) is 9.55. The first kappa shape index (κ1) is 21.0. The topological polar surface area (TPSA) is 74.8 Å². The van der Waals surface area contributed by atoms with Crippen molar-refractivity contribution in [2.45, 2.75) is 65.7 Å². The molecule has 0 fully saturated rings. The fraction of sp³-hybridized carbons (Fsp3) is 0.632. The average molecular weight is 396 g/mol. The first-order chi connectivity index (χ1) is 12.3. The third kappa shape index (κ3) is 5.33. The number of carbonyl (C=O) groups excluding carboxylic acids is 1. The predicted molar refractivity (Wildman–Crippen MR) is 112 cm³/mol. The maximum Gasteiger partial charge on any atom is 0.259 e. The molecule has 2 aromatic heterocycles. The molecule has 0 saturated carbocycles. The molecule has 0 bridgehead atoms. The number of fused-ring (bicyclic) bond motifs is 1. The predicted octanol–water partition coefficient (Wildman–Crippen LogP) is 4.03. The molecule has 0 aliphatic heterocycles. The highest BCUT2D eigenvalue weighted by Gasteiger charge is 2.17. The second-order valence-electron chi connectivity index (χ2n) is 6.92. The van der Waals surface area contributed by atoms with Crippen molar-refractivity contribution in [3.05, 3.63) is 26.6 Å². The third-order valence-electron chi connectivity index (χ3n) is 4.65. The van der Waals surface area contributed by atoms with Gasteiger partial charge in [-0.25, -0.2) is 4.98 Å². The van der Waals surface area contributed by atoms with Crippen LogP contribution in [0.15, 0.2) is 4.79 Å². The first-order valence-electron chi connectivity index (χ1n) is 9.23. The molecule has 2 heterocycles. The Labute approximate surface area is 163 Å². The molecule has 2 rings (SSSR count). The van der Waals surface area contributed by atoms with Crippen LogP contribution in [0.25, 0.3) is 10.2 Å². The van der Waals surface area contributed by atoms with Crippen molar-refractivity contribution in [1.29, 1.82) is 0 Å². The Balaban J connectivity index is 2.09. The van der Waals surface area contributed by atoms with Gasteiger partial charge in [-0.3, -0.25) is 9.59 Å². The lowest BCUT2D eigenvalue weighted by Crippen LogP contribution is -2.33. The Bertz CT molecular complexity index is 813. The Hall–Kier alpha value is -1.34. The van der Waals surface area contributed by atoms with Crippen molar-refractivity contribution < 1.29 is 4.79 Å². The van der Waals surface area contributed by atoms with Crippen molar-refractivity contribution in [1.82, 2.24) is 15.3 Å². The summed E-state index contributed by atoms with van der Waals surface area (Å²) >= 11 is 3.06. The Morgan fingerprint density at radius 3 is 2.69 bits per heavy atom. The van der Waals surface area contributed by atoms with E-state index in [2.05, 4.69) is 36.1 Å². The lowest BCUT2D eigenvalue weighted by atomic mass is 9.98. The summed E-state index contributed by atoms with van der Waals surface area (Å²) < 4.78 is 0. The Morgan fingerprint density at radius 1 is 1.31 bits per heavy atom. The molecule has 2 aromatic rings. The fourth-order valence-corrected chi connectivity index (χ4v) is 4.46. The van der Waals surface area contributed by atoms with Crippen LogP contribution < -0.4 is 10.9 Å². The normalized spacial score (nSPS) is 13.7. The van der Waals surface area contributed by atoms with Gasteiger partial charge in [0.2, 0.25) is 5.91 Å². The molecule has 0 unspecified atom stereocenters. The maximum absolute atomic E-state index is 12.6. The number of aromatic amines is 1. The molecule has 26 heavy (non-hydrogen) atoms. The van der Waals surface area contributed by atoms with Crippen molar-refractivity contribution in [2.75, 3.05) is 5.75 Å². The standard InChI is InChI=1S/C19H29N3O2S2/c1-6-11(3)8-14-13(5)26-19-17(14)18(24)21-15(22-19)9-25-10-16(23)20-12(4)7-2/h11-12H,6-10H2,1-5H3,(H,20,23)(H,21,22,24)/t11-,12-/m0/s1. The van der Waals surface area contributed by atoms with E-state index in [0.29, 0.717) is 23.2 Å². The Kier molecular flexibility index (Phi) is 7.70. The van der Waals surface area contributed by atoms with E-state index in [-0.39, 0.29) is 17.5 Å². The summed E-state index contributed by atoms with van der Waals surface area (Å²) in [6.45, 7) is 10.5. The van der Waals surface area contributed by atoms with Gasteiger partial charge in [0.05, 0.1) is 16.9 Å². The van der Waals surface area contributed by atoms with E-state index in [0.717, 1.165) is 35.0 Å². The molecular weight excluding hydrogens is 366 g/mol. The number of aryl methyl sites for hydroxylation is 1. The molecule has 0 radical (unpaired) electrons. The number of rotatable bonds is 9. The van der Waals surface area contributed by atoms with Gasteiger partial charge in [0.15, 0.2) is 0 Å². The van der Waals surface area contributed by atoms with Gasteiger partial charge in [-0.05, 0) is 38.2 Å². The summed E-state index contributed by atoms with van der Waals surface area (Å²) in [5.74, 6) is 2.10. The van der Waals surface area contributed by atoms with Crippen LogP contribution in [0.2, 0.25) is 0 Å². The summed E-state index contributed by atoms with van der Waals surface area (Å²) in [5.41, 5.74) is 1.08. The van der Waals surface area contributed by atoms with Crippen molar-refractivity contribution in [3.63, 3.8) is 0 Å². The molecule has 5 nitrogen and oxygen atoms in total. The summed E-state index contributed by atoms with van der Waals surface area (Å²) in [7, 11) is 0. The number of hydrogen-bond acceptors (Lipinski definition) is 5. The number of nitrogens with one attached hydrogen (secondary N) is 2. The monoisotopic (exact) mass is 395 g/mol. The fourth-order valence-electron chi connectivity index (χ4n) is 2.69. The number of hydrogen-bond donors (Lipinski definition) is 2. The van der Waals surface area contributed by atoms with E-state index in [4.69, 9.17) is 0 Å². The zero-order valence-electron chi connectivity index (χ0n) is 16.3. The van der Waals surface area contributed by atoms with Crippen LogP contribution in [0.3, 0.4) is 0 Å². The zero-order valence-corrected chi connectivity index (χ0v) is 17.9. The van der Waals surface area contributed by atoms with Crippen molar-refractivity contribution >= 4 is 39.2 Å². The zero-order chi connectivity index (χ0) is 19.3. The van der Waals surface area contributed by atoms with Crippen molar-refractivity contribution in [2.24, 2.45) is 5.92 Å². The lowest BCUT2D eigenvalue weighted by molar-refractivity contribution is -0.119. The van der Waals surface area contributed by atoms with Crippen LogP contribution in [0.4, 0.5) is 0 Å². The number of thiophene rings is 1. The number of carbonyl (C=O) groups is 1. The molecule has 0 spiro atoms. The van der Waals surface area contributed by atoms with Crippen LogP contribution >= 0.6 is 23.1 Å². The minimum atomic E-state index is -0.0580. The largest absolute Gasteiger partial charge is 0.353 e. The molecule has 1 amide bonds. The molecule has 0 aliphatic carbocycles.